The molecule has 1 aromatic carbocycles. The van der Waals surface area contributed by atoms with E-state index >= 15 is 0 Å². The highest BCUT2D eigenvalue weighted by Crippen LogP contribution is 2.24. The van der Waals surface area contributed by atoms with Gasteiger partial charge in [-0.1, -0.05) is 18.6 Å². The van der Waals surface area contributed by atoms with Crippen molar-refractivity contribution in [2.75, 3.05) is 18.1 Å². The molecule has 4 nitrogen and oxygen atoms in total. The molecule has 1 saturated heterocycles. The van der Waals surface area contributed by atoms with Crippen LogP contribution in [0.2, 0.25) is 0 Å². The summed E-state index contributed by atoms with van der Waals surface area (Å²) >= 11 is 0. The van der Waals surface area contributed by atoms with Gasteiger partial charge in [-0.15, -0.1) is 0 Å². The molecule has 0 saturated carbocycles. The lowest BCUT2D eigenvalue weighted by molar-refractivity contribution is 0.530. The lowest BCUT2D eigenvalue weighted by Gasteiger charge is -2.17. The van der Waals surface area contributed by atoms with E-state index in [1.165, 1.54) is 19.3 Å². The minimum Gasteiger partial charge on any atom is -0.422 e. The van der Waals surface area contributed by atoms with Crippen LogP contribution in [0.5, 0.6) is 0 Å². The summed E-state index contributed by atoms with van der Waals surface area (Å²) in [6.45, 7) is 4.02. The molecule has 1 aromatic heterocycles. The number of anilines is 1. The number of benzene rings is 1. The van der Waals surface area contributed by atoms with Crippen LogP contribution in [0.25, 0.3) is 11.1 Å². The van der Waals surface area contributed by atoms with Gasteiger partial charge >= 0.3 is 6.01 Å². The fraction of sp³-hybridized carbons (Fsp3) is 0.462. The second kappa shape index (κ2) is 4.37. The molecule has 0 amide bonds. The lowest BCUT2D eigenvalue weighted by Crippen LogP contribution is -2.37. The predicted molar refractivity (Wildman–Crippen MR) is 67.9 cm³/mol. The standard InChI is InChI=1S/C13H17N3O/c1-10-6-5-7-11-12(10)15-13(17-11)16-9-4-2-3-8-14-16/h5-7,14H,2-4,8-9H2,1H3. The molecule has 1 aliphatic heterocycles. The number of fused-ring (bicyclic) bond motifs is 1. The second-order valence-electron chi connectivity index (χ2n) is 4.54. The number of rotatable bonds is 1. The molecule has 2 heterocycles. The van der Waals surface area contributed by atoms with Crippen molar-refractivity contribution in [1.29, 1.82) is 0 Å². The van der Waals surface area contributed by atoms with Gasteiger partial charge in [0.2, 0.25) is 0 Å². The Hall–Kier alpha value is -1.55. The maximum Gasteiger partial charge on any atom is 0.313 e. The first-order valence-corrected chi connectivity index (χ1v) is 6.22. The van der Waals surface area contributed by atoms with Crippen molar-refractivity contribution >= 4 is 17.1 Å². The topological polar surface area (TPSA) is 41.3 Å². The molecular formula is C13H17N3O. The zero-order valence-electron chi connectivity index (χ0n) is 10.1. The highest BCUT2D eigenvalue weighted by Gasteiger charge is 2.16. The average Bonchev–Trinajstić information content (AvgIpc) is 2.59. The largest absolute Gasteiger partial charge is 0.422 e. The van der Waals surface area contributed by atoms with Crippen LogP contribution >= 0.6 is 0 Å². The molecule has 1 aliphatic rings. The van der Waals surface area contributed by atoms with Crippen LogP contribution in [0.3, 0.4) is 0 Å². The number of aromatic nitrogens is 1. The van der Waals surface area contributed by atoms with E-state index in [2.05, 4.69) is 23.4 Å². The maximum atomic E-state index is 5.80. The first-order valence-electron chi connectivity index (χ1n) is 6.22. The summed E-state index contributed by atoms with van der Waals surface area (Å²) in [5.41, 5.74) is 6.35. The number of para-hydroxylation sites is 1. The second-order valence-corrected chi connectivity index (χ2v) is 4.54. The van der Waals surface area contributed by atoms with Gasteiger partial charge in [0.1, 0.15) is 5.52 Å². The molecule has 90 valence electrons. The van der Waals surface area contributed by atoms with E-state index in [-0.39, 0.29) is 0 Å². The molecule has 4 heteroatoms. The lowest BCUT2D eigenvalue weighted by atomic mass is 10.2. The normalized spacial score (nSPS) is 17.4. The molecule has 2 aromatic rings. The van der Waals surface area contributed by atoms with Crippen LogP contribution < -0.4 is 10.4 Å². The third kappa shape index (κ3) is 2.00. The maximum absolute atomic E-state index is 5.80. The summed E-state index contributed by atoms with van der Waals surface area (Å²) in [6.07, 6.45) is 3.67. The first-order chi connectivity index (χ1) is 8.34. The van der Waals surface area contributed by atoms with E-state index in [9.17, 15) is 0 Å². The molecule has 1 fully saturated rings. The van der Waals surface area contributed by atoms with Gasteiger partial charge in [0.05, 0.1) is 0 Å². The zero-order valence-corrected chi connectivity index (χ0v) is 10.1. The van der Waals surface area contributed by atoms with Crippen LogP contribution in [0, 0.1) is 6.92 Å². The van der Waals surface area contributed by atoms with E-state index in [0.29, 0.717) is 6.01 Å². The van der Waals surface area contributed by atoms with Gasteiger partial charge in [0, 0.05) is 13.1 Å². The van der Waals surface area contributed by atoms with E-state index in [1.807, 2.05) is 17.1 Å². The van der Waals surface area contributed by atoms with Crippen LogP contribution in [-0.2, 0) is 0 Å². The minimum absolute atomic E-state index is 0.691. The van der Waals surface area contributed by atoms with E-state index in [4.69, 9.17) is 4.42 Å². The van der Waals surface area contributed by atoms with Crippen molar-refractivity contribution in [2.45, 2.75) is 26.2 Å². The molecule has 0 radical (unpaired) electrons. The number of oxazole rings is 1. The van der Waals surface area contributed by atoms with Gasteiger partial charge in [-0.05, 0) is 31.4 Å². The van der Waals surface area contributed by atoms with Crippen LogP contribution in [0.4, 0.5) is 6.01 Å². The fourth-order valence-electron chi connectivity index (χ4n) is 2.22. The summed E-state index contributed by atoms with van der Waals surface area (Å²) in [6, 6.07) is 6.72. The quantitative estimate of drug-likeness (QED) is 0.819. The first kappa shape index (κ1) is 10.6. The Morgan fingerprint density at radius 3 is 3.12 bits per heavy atom. The van der Waals surface area contributed by atoms with Gasteiger partial charge in [-0.3, -0.25) is 5.01 Å². The monoisotopic (exact) mass is 231 g/mol. The van der Waals surface area contributed by atoms with Crippen LogP contribution in [0.15, 0.2) is 22.6 Å². The number of hydrogen-bond acceptors (Lipinski definition) is 4. The predicted octanol–water partition coefficient (Wildman–Crippen LogP) is 2.63. The molecule has 0 aliphatic carbocycles. The Labute approximate surface area is 101 Å². The molecule has 0 spiro atoms. The van der Waals surface area contributed by atoms with Crippen LogP contribution in [0.1, 0.15) is 24.8 Å². The molecule has 0 bridgehead atoms. The highest BCUT2D eigenvalue weighted by atomic mass is 16.4. The summed E-state index contributed by atoms with van der Waals surface area (Å²) in [5, 5.41) is 2.03. The van der Waals surface area contributed by atoms with Crippen molar-refractivity contribution in [3.63, 3.8) is 0 Å². The van der Waals surface area contributed by atoms with E-state index < -0.39 is 0 Å². The van der Waals surface area contributed by atoms with Gasteiger partial charge in [0.25, 0.3) is 0 Å². The van der Waals surface area contributed by atoms with E-state index in [1.54, 1.807) is 0 Å². The SMILES string of the molecule is Cc1cccc2oc(N3CCCCCN3)nc12. The Balaban J connectivity index is 1.96. The molecule has 1 N–H and O–H groups in total. The van der Waals surface area contributed by atoms with Crippen molar-refractivity contribution < 1.29 is 4.42 Å². The molecular weight excluding hydrogens is 214 g/mol. The van der Waals surface area contributed by atoms with Crippen molar-refractivity contribution in [1.82, 2.24) is 10.4 Å². The van der Waals surface area contributed by atoms with Crippen molar-refractivity contribution in [3.8, 4) is 0 Å². The van der Waals surface area contributed by atoms with Gasteiger partial charge in [-0.25, -0.2) is 5.43 Å². The Morgan fingerprint density at radius 1 is 1.29 bits per heavy atom. The average molecular weight is 231 g/mol. The number of hydrogen-bond donors (Lipinski definition) is 1. The molecule has 3 rings (SSSR count). The minimum atomic E-state index is 0.691. The number of nitrogens with one attached hydrogen (secondary N) is 1. The molecule has 0 atom stereocenters. The smallest absolute Gasteiger partial charge is 0.313 e. The highest BCUT2D eigenvalue weighted by molar-refractivity contribution is 5.77. The Morgan fingerprint density at radius 2 is 2.24 bits per heavy atom. The van der Waals surface area contributed by atoms with Crippen molar-refractivity contribution in [2.24, 2.45) is 0 Å². The summed E-state index contributed by atoms with van der Waals surface area (Å²) in [5.74, 6) is 0. The third-order valence-corrected chi connectivity index (χ3v) is 3.20. The van der Waals surface area contributed by atoms with Crippen molar-refractivity contribution in [3.05, 3.63) is 23.8 Å². The Kier molecular flexibility index (Phi) is 2.73. The van der Waals surface area contributed by atoms with Gasteiger partial charge in [-0.2, -0.15) is 4.98 Å². The van der Waals surface area contributed by atoms with Gasteiger partial charge in [0.15, 0.2) is 5.58 Å². The zero-order chi connectivity index (χ0) is 11.7. The summed E-state index contributed by atoms with van der Waals surface area (Å²) < 4.78 is 5.80. The number of hydrazine groups is 1. The summed E-state index contributed by atoms with van der Waals surface area (Å²) in [4.78, 5) is 4.57. The van der Waals surface area contributed by atoms with Crippen LogP contribution in [-0.4, -0.2) is 18.1 Å². The number of nitrogens with zero attached hydrogens (tertiary/aromatic N) is 2. The molecule has 17 heavy (non-hydrogen) atoms. The van der Waals surface area contributed by atoms with E-state index in [0.717, 1.165) is 29.8 Å². The fourth-order valence-corrected chi connectivity index (χ4v) is 2.22. The number of aryl methyl sites for hydroxylation is 1. The van der Waals surface area contributed by atoms with Gasteiger partial charge < -0.3 is 4.42 Å². The Bertz CT molecular complexity index is 512. The third-order valence-electron chi connectivity index (χ3n) is 3.20. The molecule has 0 unspecified atom stereocenters. The summed E-state index contributed by atoms with van der Waals surface area (Å²) in [7, 11) is 0.